The summed E-state index contributed by atoms with van der Waals surface area (Å²) in [6, 6.07) is 21.0. The highest BCUT2D eigenvalue weighted by molar-refractivity contribution is 5.95. The molecule has 1 aliphatic rings. The fraction of sp³-hybridized carbons (Fsp3) is 0.269. The van der Waals surface area contributed by atoms with Crippen LogP contribution in [0.3, 0.4) is 0 Å². The molecule has 3 nitrogen and oxygen atoms in total. The molecule has 0 aromatic heterocycles. The van der Waals surface area contributed by atoms with E-state index < -0.39 is 0 Å². The number of rotatable bonds is 5. The lowest BCUT2D eigenvalue weighted by Crippen LogP contribution is -2.39. The number of aryl methyl sites for hydroxylation is 2. The van der Waals surface area contributed by atoms with Gasteiger partial charge in [-0.1, -0.05) is 59.7 Å². The van der Waals surface area contributed by atoms with Gasteiger partial charge in [-0.05, 0) is 68.1 Å². The van der Waals surface area contributed by atoms with Crippen molar-refractivity contribution in [2.75, 3.05) is 11.9 Å². The van der Waals surface area contributed by atoms with Crippen molar-refractivity contribution in [2.24, 2.45) is 0 Å². The lowest BCUT2D eigenvalue weighted by atomic mass is 9.99. The molecular weight excluding hydrogens is 375 g/mol. The molecule has 1 unspecified atom stereocenters. The molecule has 0 bridgehead atoms. The van der Waals surface area contributed by atoms with Crippen molar-refractivity contribution in [1.29, 1.82) is 0 Å². The molecule has 1 heterocycles. The average Bonchev–Trinajstić information content (AvgIpc) is 3.16. The zero-order valence-electron chi connectivity index (χ0n) is 17.5. The Kier molecular flexibility index (Phi) is 5.96. The van der Waals surface area contributed by atoms with Crippen LogP contribution in [-0.4, -0.2) is 23.4 Å². The summed E-state index contributed by atoms with van der Waals surface area (Å²) in [5.74, 6) is -0.412. The van der Waals surface area contributed by atoms with E-state index in [4.69, 9.17) is 0 Å². The second kappa shape index (κ2) is 8.80. The van der Waals surface area contributed by atoms with Crippen molar-refractivity contribution in [3.8, 4) is 11.1 Å². The molecule has 4 rings (SSSR count). The van der Waals surface area contributed by atoms with Gasteiger partial charge >= 0.3 is 0 Å². The second-order valence-corrected chi connectivity index (χ2v) is 8.20. The molecular formula is C26H27FN2O. The molecule has 0 saturated carbocycles. The van der Waals surface area contributed by atoms with Crippen molar-refractivity contribution in [2.45, 2.75) is 39.3 Å². The maximum absolute atomic E-state index is 13.4. The van der Waals surface area contributed by atoms with Crippen LogP contribution in [0.15, 0.2) is 66.7 Å². The molecule has 0 radical (unpaired) electrons. The number of hydrogen-bond donors (Lipinski definition) is 1. The molecule has 3 aromatic carbocycles. The van der Waals surface area contributed by atoms with E-state index in [1.165, 1.54) is 39.9 Å². The van der Waals surface area contributed by atoms with Gasteiger partial charge in [-0.15, -0.1) is 0 Å². The zero-order chi connectivity index (χ0) is 21.1. The number of nitrogens with zero attached hydrogens (tertiary/aromatic N) is 1. The second-order valence-electron chi connectivity index (χ2n) is 8.20. The summed E-state index contributed by atoms with van der Waals surface area (Å²) in [6.45, 7) is 5.86. The Labute approximate surface area is 177 Å². The molecule has 1 amide bonds. The summed E-state index contributed by atoms with van der Waals surface area (Å²) in [5, 5.41) is 2.86. The smallest absolute Gasteiger partial charge is 0.241 e. The molecule has 0 aliphatic carbocycles. The van der Waals surface area contributed by atoms with Crippen LogP contribution < -0.4 is 5.32 Å². The Morgan fingerprint density at radius 1 is 1.00 bits per heavy atom. The van der Waals surface area contributed by atoms with E-state index in [1.807, 2.05) is 0 Å². The number of hydrogen-bond acceptors (Lipinski definition) is 2. The monoisotopic (exact) mass is 402 g/mol. The standard InChI is InChI=1S/C26H27FN2O/c1-18-13-19(2)15-22(14-18)21-10-8-20(9-11-21)17-29-12-4-7-25(29)26(30)28-24-6-3-5-23(27)16-24/h3,5-6,8-11,13-16,25H,4,7,12,17H2,1-2H3,(H,28,30). The minimum absolute atomic E-state index is 0.0649. The van der Waals surface area contributed by atoms with Crippen LogP contribution in [0.1, 0.15) is 29.5 Å². The summed E-state index contributed by atoms with van der Waals surface area (Å²) in [6.07, 6.45) is 1.81. The minimum Gasteiger partial charge on any atom is -0.325 e. The fourth-order valence-electron chi connectivity index (χ4n) is 4.28. The minimum atomic E-state index is -0.347. The van der Waals surface area contributed by atoms with Gasteiger partial charge in [-0.2, -0.15) is 0 Å². The van der Waals surface area contributed by atoms with Gasteiger partial charge in [0.1, 0.15) is 5.82 Å². The highest BCUT2D eigenvalue weighted by atomic mass is 19.1. The van der Waals surface area contributed by atoms with Crippen LogP contribution in [0, 0.1) is 19.7 Å². The summed E-state index contributed by atoms with van der Waals surface area (Å²) in [4.78, 5) is 15.0. The zero-order valence-corrected chi connectivity index (χ0v) is 17.5. The normalized spacial score (nSPS) is 16.6. The first-order chi connectivity index (χ1) is 14.5. The Morgan fingerprint density at radius 3 is 2.43 bits per heavy atom. The predicted molar refractivity (Wildman–Crippen MR) is 120 cm³/mol. The first kappa shape index (κ1) is 20.3. The van der Waals surface area contributed by atoms with Crippen LogP contribution in [0.4, 0.5) is 10.1 Å². The van der Waals surface area contributed by atoms with E-state index in [0.717, 1.165) is 25.9 Å². The predicted octanol–water partition coefficient (Wildman–Crippen LogP) is 5.71. The van der Waals surface area contributed by atoms with Crippen LogP contribution in [0.5, 0.6) is 0 Å². The van der Waals surface area contributed by atoms with E-state index >= 15 is 0 Å². The SMILES string of the molecule is Cc1cc(C)cc(-c2ccc(CN3CCCC3C(=O)Nc3cccc(F)c3)cc2)c1. The van der Waals surface area contributed by atoms with Crippen molar-refractivity contribution in [3.05, 3.63) is 89.2 Å². The van der Waals surface area contributed by atoms with Gasteiger partial charge in [-0.3, -0.25) is 9.69 Å². The van der Waals surface area contributed by atoms with Crippen molar-refractivity contribution in [3.63, 3.8) is 0 Å². The maximum atomic E-state index is 13.4. The molecule has 1 N–H and O–H groups in total. The van der Waals surface area contributed by atoms with Gasteiger partial charge in [-0.25, -0.2) is 4.39 Å². The number of anilines is 1. The van der Waals surface area contributed by atoms with Crippen LogP contribution in [0.2, 0.25) is 0 Å². The Hall–Kier alpha value is -2.98. The third-order valence-electron chi connectivity index (χ3n) is 5.65. The van der Waals surface area contributed by atoms with Crippen LogP contribution >= 0.6 is 0 Å². The van der Waals surface area contributed by atoms with Crippen LogP contribution in [-0.2, 0) is 11.3 Å². The van der Waals surface area contributed by atoms with Gasteiger partial charge in [0, 0.05) is 12.2 Å². The van der Waals surface area contributed by atoms with Crippen molar-refractivity contribution >= 4 is 11.6 Å². The third-order valence-corrected chi connectivity index (χ3v) is 5.65. The number of likely N-dealkylation sites (tertiary alicyclic amines) is 1. The summed E-state index contributed by atoms with van der Waals surface area (Å²) < 4.78 is 13.4. The molecule has 154 valence electrons. The number of nitrogens with one attached hydrogen (secondary N) is 1. The molecule has 3 aromatic rings. The van der Waals surface area contributed by atoms with Gasteiger partial charge in [0.05, 0.1) is 6.04 Å². The number of carbonyl (C=O) groups is 1. The van der Waals surface area contributed by atoms with E-state index in [9.17, 15) is 9.18 Å². The fourth-order valence-corrected chi connectivity index (χ4v) is 4.28. The van der Waals surface area contributed by atoms with Crippen molar-refractivity contribution in [1.82, 2.24) is 4.90 Å². The van der Waals surface area contributed by atoms with Gasteiger partial charge < -0.3 is 5.32 Å². The van der Waals surface area contributed by atoms with Crippen molar-refractivity contribution < 1.29 is 9.18 Å². The Balaban J connectivity index is 1.43. The summed E-state index contributed by atoms with van der Waals surface area (Å²) >= 11 is 0. The number of halogens is 1. The topological polar surface area (TPSA) is 32.3 Å². The van der Waals surface area contributed by atoms with E-state index in [-0.39, 0.29) is 17.8 Å². The molecule has 1 aliphatic heterocycles. The molecule has 30 heavy (non-hydrogen) atoms. The molecule has 1 fully saturated rings. The lowest BCUT2D eigenvalue weighted by Gasteiger charge is -2.24. The highest BCUT2D eigenvalue weighted by Crippen LogP contribution is 2.25. The molecule has 0 spiro atoms. The summed E-state index contributed by atoms with van der Waals surface area (Å²) in [5.41, 5.74) is 6.65. The number of amides is 1. The first-order valence-corrected chi connectivity index (χ1v) is 10.5. The molecule has 1 saturated heterocycles. The quantitative estimate of drug-likeness (QED) is 0.593. The molecule has 1 atom stereocenters. The lowest BCUT2D eigenvalue weighted by molar-refractivity contribution is -0.120. The van der Waals surface area contributed by atoms with Gasteiger partial charge in [0.25, 0.3) is 0 Å². The number of carbonyl (C=O) groups excluding carboxylic acids is 1. The molecule has 4 heteroatoms. The first-order valence-electron chi connectivity index (χ1n) is 10.5. The highest BCUT2D eigenvalue weighted by Gasteiger charge is 2.30. The Morgan fingerprint density at radius 2 is 1.73 bits per heavy atom. The van der Waals surface area contributed by atoms with Gasteiger partial charge in [0.15, 0.2) is 0 Å². The number of benzene rings is 3. The average molecular weight is 403 g/mol. The van der Waals surface area contributed by atoms with Crippen LogP contribution in [0.25, 0.3) is 11.1 Å². The Bertz CT molecular complexity index is 1020. The van der Waals surface area contributed by atoms with Gasteiger partial charge in [0.2, 0.25) is 5.91 Å². The third kappa shape index (κ3) is 4.77. The maximum Gasteiger partial charge on any atom is 0.241 e. The van der Waals surface area contributed by atoms with E-state index in [0.29, 0.717) is 5.69 Å². The summed E-state index contributed by atoms with van der Waals surface area (Å²) in [7, 11) is 0. The van der Waals surface area contributed by atoms with E-state index in [1.54, 1.807) is 12.1 Å². The van der Waals surface area contributed by atoms with E-state index in [2.05, 4.69) is 66.5 Å². The largest absolute Gasteiger partial charge is 0.325 e.